The Balaban J connectivity index is 1.52. The van der Waals surface area contributed by atoms with E-state index < -0.39 is 0 Å². The number of rotatable bonds is 4. The van der Waals surface area contributed by atoms with Crippen LogP contribution in [-0.4, -0.2) is 37.1 Å². The average Bonchev–Trinajstić information content (AvgIpc) is 2.77. The molecule has 0 amide bonds. The van der Waals surface area contributed by atoms with Crippen molar-refractivity contribution in [2.75, 3.05) is 26.2 Å². The lowest BCUT2D eigenvalue weighted by molar-refractivity contribution is 0.0708. The fraction of sp³-hybridized carbons (Fsp3) is 1.00. The first-order valence-corrected chi connectivity index (χ1v) is 8.31. The molecular weight excluding hydrogens is 220 g/mol. The first kappa shape index (κ1) is 12.9. The van der Waals surface area contributed by atoms with E-state index in [1.807, 2.05) is 0 Å². The number of nitrogens with zero attached hydrogens (tertiary/aromatic N) is 1. The van der Waals surface area contributed by atoms with E-state index in [1.165, 1.54) is 64.6 Å². The van der Waals surface area contributed by atoms with Crippen molar-refractivity contribution in [2.45, 2.75) is 57.9 Å². The van der Waals surface area contributed by atoms with Crippen molar-refractivity contribution in [3.05, 3.63) is 0 Å². The van der Waals surface area contributed by atoms with Gasteiger partial charge in [-0.25, -0.2) is 0 Å². The molecule has 2 aliphatic carbocycles. The van der Waals surface area contributed by atoms with Crippen molar-refractivity contribution in [1.29, 1.82) is 0 Å². The highest BCUT2D eigenvalue weighted by molar-refractivity contribution is 4.89. The predicted octanol–water partition coefficient (Wildman–Crippen LogP) is 2.89. The molecule has 104 valence electrons. The Morgan fingerprint density at radius 3 is 2.44 bits per heavy atom. The van der Waals surface area contributed by atoms with Crippen molar-refractivity contribution < 1.29 is 0 Å². The van der Waals surface area contributed by atoms with Crippen LogP contribution in [0.2, 0.25) is 0 Å². The zero-order valence-electron chi connectivity index (χ0n) is 12.0. The molecule has 0 aromatic rings. The van der Waals surface area contributed by atoms with Gasteiger partial charge in [0.25, 0.3) is 0 Å². The molecule has 2 heteroatoms. The Kier molecular flexibility index (Phi) is 4.25. The number of hydrogen-bond donors (Lipinski definition) is 1. The lowest BCUT2D eigenvalue weighted by Gasteiger charge is -2.42. The van der Waals surface area contributed by atoms with Crippen LogP contribution in [0, 0.1) is 17.8 Å². The highest BCUT2D eigenvalue weighted by Crippen LogP contribution is 2.35. The van der Waals surface area contributed by atoms with E-state index in [4.69, 9.17) is 0 Å². The molecule has 0 spiro atoms. The fourth-order valence-electron chi connectivity index (χ4n) is 4.81. The summed E-state index contributed by atoms with van der Waals surface area (Å²) in [6.45, 7) is 7.59. The summed E-state index contributed by atoms with van der Waals surface area (Å²) in [4.78, 5) is 2.82. The van der Waals surface area contributed by atoms with Crippen molar-refractivity contribution >= 4 is 0 Å². The normalized spacial score (nSPS) is 41.2. The third-order valence-corrected chi connectivity index (χ3v) is 5.54. The molecule has 3 fully saturated rings. The van der Waals surface area contributed by atoms with Crippen molar-refractivity contribution in [3.63, 3.8) is 0 Å². The Bertz CT molecular complexity index is 254. The summed E-state index contributed by atoms with van der Waals surface area (Å²) in [5, 5.41) is 3.71. The van der Waals surface area contributed by atoms with Crippen LogP contribution in [0.4, 0.5) is 0 Å². The minimum absolute atomic E-state index is 0.816. The van der Waals surface area contributed by atoms with Crippen LogP contribution in [0.5, 0.6) is 0 Å². The topological polar surface area (TPSA) is 15.3 Å². The van der Waals surface area contributed by atoms with E-state index in [2.05, 4.69) is 17.1 Å². The molecule has 4 unspecified atom stereocenters. The second-order valence-corrected chi connectivity index (χ2v) is 6.97. The molecule has 1 heterocycles. The summed E-state index contributed by atoms with van der Waals surface area (Å²) < 4.78 is 0. The molecule has 3 rings (SSSR count). The van der Waals surface area contributed by atoms with Gasteiger partial charge in [0.05, 0.1) is 0 Å². The molecule has 1 aliphatic heterocycles. The fourth-order valence-corrected chi connectivity index (χ4v) is 4.81. The van der Waals surface area contributed by atoms with E-state index in [9.17, 15) is 0 Å². The van der Waals surface area contributed by atoms with Gasteiger partial charge in [0.2, 0.25) is 0 Å². The van der Waals surface area contributed by atoms with Gasteiger partial charge in [-0.15, -0.1) is 0 Å². The maximum atomic E-state index is 3.71. The van der Waals surface area contributed by atoms with Gasteiger partial charge in [-0.3, -0.25) is 0 Å². The molecule has 1 N–H and O–H groups in total. The van der Waals surface area contributed by atoms with Crippen LogP contribution >= 0.6 is 0 Å². The van der Waals surface area contributed by atoms with E-state index in [-0.39, 0.29) is 0 Å². The predicted molar refractivity (Wildman–Crippen MR) is 76.7 cm³/mol. The monoisotopic (exact) mass is 250 g/mol. The van der Waals surface area contributed by atoms with Crippen LogP contribution in [0.15, 0.2) is 0 Å². The number of piperidine rings is 1. The molecule has 0 aromatic heterocycles. The summed E-state index contributed by atoms with van der Waals surface area (Å²) in [6, 6.07) is 0.816. The van der Waals surface area contributed by atoms with Gasteiger partial charge in [0.1, 0.15) is 0 Å². The van der Waals surface area contributed by atoms with Crippen LogP contribution < -0.4 is 5.32 Å². The Morgan fingerprint density at radius 1 is 1.00 bits per heavy atom. The van der Waals surface area contributed by atoms with Gasteiger partial charge in [0, 0.05) is 25.7 Å². The number of nitrogens with one attached hydrogen (secondary N) is 1. The van der Waals surface area contributed by atoms with E-state index in [1.54, 1.807) is 0 Å². The molecule has 0 aromatic carbocycles. The molecule has 2 bridgehead atoms. The van der Waals surface area contributed by atoms with E-state index >= 15 is 0 Å². The van der Waals surface area contributed by atoms with Gasteiger partial charge in [-0.05, 0) is 56.4 Å². The zero-order valence-corrected chi connectivity index (χ0v) is 12.0. The molecule has 4 atom stereocenters. The minimum atomic E-state index is 0.816. The Hall–Kier alpha value is -0.0800. The standard InChI is InChI=1S/C16H30N2/c1-2-17-16-8-4-7-15(16)12-18-10-13-5-3-6-14(9-13)11-18/h13-17H,2-12H2,1H3. The van der Waals surface area contributed by atoms with Crippen LogP contribution in [0.3, 0.4) is 0 Å². The van der Waals surface area contributed by atoms with E-state index in [0.717, 1.165) is 30.3 Å². The summed E-state index contributed by atoms with van der Waals surface area (Å²) in [5.41, 5.74) is 0. The van der Waals surface area contributed by atoms with Crippen LogP contribution in [0.25, 0.3) is 0 Å². The minimum Gasteiger partial charge on any atom is -0.314 e. The molecular formula is C16H30N2. The molecule has 0 radical (unpaired) electrons. The number of hydrogen-bond acceptors (Lipinski definition) is 2. The lowest BCUT2D eigenvalue weighted by Crippen LogP contribution is -2.47. The second-order valence-electron chi connectivity index (χ2n) is 6.97. The second kappa shape index (κ2) is 5.92. The zero-order chi connectivity index (χ0) is 12.4. The number of likely N-dealkylation sites (tertiary alicyclic amines) is 1. The maximum absolute atomic E-state index is 3.71. The highest BCUT2D eigenvalue weighted by atomic mass is 15.1. The van der Waals surface area contributed by atoms with Crippen LogP contribution in [-0.2, 0) is 0 Å². The molecule has 18 heavy (non-hydrogen) atoms. The van der Waals surface area contributed by atoms with Crippen molar-refractivity contribution in [2.24, 2.45) is 17.8 Å². The first-order valence-electron chi connectivity index (χ1n) is 8.31. The summed E-state index contributed by atoms with van der Waals surface area (Å²) >= 11 is 0. The lowest BCUT2D eigenvalue weighted by atomic mass is 9.77. The van der Waals surface area contributed by atoms with Crippen LogP contribution in [0.1, 0.15) is 51.9 Å². The van der Waals surface area contributed by atoms with Crippen molar-refractivity contribution in [3.8, 4) is 0 Å². The van der Waals surface area contributed by atoms with Gasteiger partial charge in [-0.1, -0.05) is 19.8 Å². The molecule has 2 nitrogen and oxygen atoms in total. The third kappa shape index (κ3) is 2.91. The summed E-state index contributed by atoms with van der Waals surface area (Å²) in [6.07, 6.45) is 10.4. The molecule has 3 aliphatic rings. The summed E-state index contributed by atoms with van der Waals surface area (Å²) in [7, 11) is 0. The van der Waals surface area contributed by atoms with Gasteiger partial charge >= 0.3 is 0 Å². The quantitative estimate of drug-likeness (QED) is 0.825. The van der Waals surface area contributed by atoms with Crippen molar-refractivity contribution in [1.82, 2.24) is 10.2 Å². The van der Waals surface area contributed by atoms with Gasteiger partial charge in [-0.2, -0.15) is 0 Å². The molecule has 2 saturated carbocycles. The smallest absolute Gasteiger partial charge is 0.0107 e. The van der Waals surface area contributed by atoms with Gasteiger partial charge < -0.3 is 10.2 Å². The largest absolute Gasteiger partial charge is 0.314 e. The Morgan fingerprint density at radius 2 is 1.72 bits per heavy atom. The highest BCUT2D eigenvalue weighted by Gasteiger charge is 2.34. The molecule has 1 saturated heterocycles. The Labute approximate surface area is 113 Å². The summed E-state index contributed by atoms with van der Waals surface area (Å²) in [5.74, 6) is 3.01. The third-order valence-electron chi connectivity index (χ3n) is 5.54. The number of fused-ring (bicyclic) bond motifs is 2. The first-order chi connectivity index (χ1) is 8.85. The average molecular weight is 250 g/mol. The van der Waals surface area contributed by atoms with E-state index in [0.29, 0.717) is 0 Å². The maximum Gasteiger partial charge on any atom is 0.0107 e. The van der Waals surface area contributed by atoms with Gasteiger partial charge in [0.15, 0.2) is 0 Å². The SMILES string of the molecule is CCNC1CCCC1CN1CC2CCCC(C2)C1.